The van der Waals surface area contributed by atoms with E-state index in [1.165, 1.54) is 0 Å². The normalized spacial score (nSPS) is 19.0. The first kappa shape index (κ1) is 13.2. The fraction of sp³-hybridized carbons (Fsp3) is 0.357. The van der Waals surface area contributed by atoms with Crippen LogP contribution in [0.4, 0.5) is 0 Å². The van der Waals surface area contributed by atoms with Crippen molar-refractivity contribution < 1.29 is 13.2 Å². The zero-order valence-electron chi connectivity index (χ0n) is 10.9. The summed E-state index contributed by atoms with van der Waals surface area (Å²) in [5, 5.41) is 3.89. The fourth-order valence-electron chi connectivity index (χ4n) is 2.49. The molecule has 0 bridgehead atoms. The van der Waals surface area contributed by atoms with Gasteiger partial charge in [0.15, 0.2) is 0 Å². The number of hydrogen-bond donors (Lipinski definition) is 2. The van der Waals surface area contributed by atoms with Crippen LogP contribution in [0.25, 0.3) is 10.9 Å². The molecule has 6 heteroatoms. The van der Waals surface area contributed by atoms with Crippen molar-refractivity contribution in [1.82, 2.24) is 10.3 Å². The molecule has 1 aliphatic rings. The van der Waals surface area contributed by atoms with Crippen molar-refractivity contribution >= 4 is 26.6 Å². The summed E-state index contributed by atoms with van der Waals surface area (Å²) in [4.78, 5) is 15.2. The topological polar surface area (TPSA) is 79.0 Å². The van der Waals surface area contributed by atoms with Crippen molar-refractivity contribution in [2.24, 2.45) is 0 Å². The molecular formula is C14H16N2O3S. The number of nitrogens with one attached hydrogen (secondary N) is 2. The lowest BCUT2D eigenvalue weighted by Gasteiger charge is -2.22. The van der Waals surface area contributed by atoms with Crippen molar-refractivity contribution in [1.29, 1.82) is 0 Å². The van der Waals surface area contributed by atoms with E-state index in [1.807, 2.05) is 30.3 Å². The van der Waals surface area contributed by atoms with E-state index >= 15 is 0 Å². The molecule has 0 saturated carbocycles. The minimum absolute atomic E-state index is 0.0579. The van der Waals surface area contributed by atoms with E-state index in [9.17, 15) is 13.2 Å². The van der Waals surface area contributed by atoms with E-state index in [4.69, 9.17) is 0 Å². The molecular weight excluding hydrogens is 276 g/mol. The molecule has 0 spiro atoms. The van der Waals surface area contributed by atoms with Crippen LogP contribution in [0, 0.1) is 0 Å². The van der Waals surface area contributed by atoms with Crippen molar-refractivity contribution in [3.63, 3.8) is 0 Å². The Labute approximate surface area is 117 Å². The molecule has 1 aliphatic heterocycles. The molecule has 1 aromatic heterocycles. The number of sulfone groups is 1. The molecule has 0 atom stereocenters. The smallest absolute Gasteiger partial charge is 0.267 e. The summed E-state index contributed by atoms with van der Waals surface area (Å²) < 4.78 is 22.7. The summed E-state index contributed by atoms with van der Waals surface area (Å²) in [5.74, 6) is 0.139. The van der Waals surface area contributed by atoms with Crippen molar-refractivity contribution in [2.45, 2.75) is 18.9 Å². The van der Waals surface area contributed by atoms with Crippen LogP contribution in [0.3, 0.4) is 0 Å². The predicted molar refractivity (Wildman–Crippen MR) is 77.4 cm³/mol. The number of amides is 1. The van der Waals surface area contributed by atoms with E-state index in [0.717, 1.165) is 10.9 Å². The molecule has 1 aromatic carbocycles. The number of aromatic amines is 1. The zero-order valence-corrected chi connectivity index (χ0v) is 11.7. The second kappa shape index (κ2) is 4.94. The number of carbonyl (C=O) groups excluding carboxylic acids is 1. The Hall–Kier alpha value is -1.82. The summed E-state index contributed by atoms with van der Waals surface area (Å²) in [6, 6.07) is 9.44. The van der Waals surface area contributed by atoms with Crippen LogP contribution in [0.2, 0.25) is 0 Å². The highest BCUT2D eigenvalue weighted by molar-refractivity contribution is 7.91. The van der Waals surface area contributed by atoms with Gasteiger partial charge in [0.25, 0.3) is 5.91 Å². The Morgan fingerprint density at radius 1 is 1.20 bits per heavy atom. The lowest BCUT2D eigenvalue weighted by Crippen LogP contribution is -2.40. The average Bonchev–Trinajstić information content (AvgIpc) is 2.85. The van der Waals surface area contributed by atoms with Gasteiger partial charge in [-0.3, -0.25) is 4.79 Å². The molecule has 3 rings (SSSR count). The second-order valence-electron chi connectivity index (χ2n) is 5.17. The second-order valence-corrected chi connectivity index (χ2v) is 7.47. The standard InChI is InChI=1S/C14H16N2O3S/c17-14(15-11-5-7-20(18,19)8-6-11)13-9-10-3-1-2-4-12(10)16-13/h1-4,9,11,16H,5-8H2,(H,15,17). The molecule has 1 fully saturated rings. The molecule has 20 heavy (non-hydrogen) atoms. The Balaban J connectivity index is 1.70. The van der Waals surface area contributed by atoms with E-state index in [0.29, 0.717) is 18.5 Å². The van der Waals surface area contributed by atoms with Crippen LogP contribution < -0.4 is 5.32 Å². The number of carbonyl (C=O) groups is 1. The first-order valence-corrected chi connectivity index (χ1v) is 8.45. The summed E-state index contributed by atoms with van der Waals surface area (Å²) >= 11 is 0. The van der Waals surface area contributed by atoms with Gasteiger partial charge in [-0.05, 0) is 25.0 Å². The quantitative estimate of drug-likeness (QED) is 0.880. The number of rotatable bonds is 2. The van der Waals surface area contributed by atoms with Gasteiger partial charge in [-0.15, -0.1) is 0 Å². The maximum absolute atomic E-state index is 12.2. The highest BCUT2D eigenvalue weighted by atomic mass is 32.2. The van der Waals surface area contributed by atoms with Crippen LogP contribution >= 0.6 is 0 Å². The van der Waals surface area contributed by atoms with Gasteiger partial charge >= 0.3 is 0 Å². The van der Waals surface area contributed by atoms with Crippen LogP contribution in [-0.2, 0) is 9.84 Å². The maximum atomic E-state index is 12.2. The van der Waals surface area contributed by atoms with E-state index in [1.54, 1.807) is 0 Å². The minimum Gasteiger partial charge on any atom is -0.351 e. The Morgan fingerprint density at radius 3 is 2.60 bits per heavy atom. The van der Waals surface area contributed by atoms with E-state index < -0.39 is 9.84 Å². The van der Waals surface area contributed by atoms with Gasteiger partial charge < -0.3 is 10.3 Å². The molecule has 2 heterocycles. The molecule has 2 N–H and O–H groups in total. The van der Waals surface area contributed by atoms with Gasteiger partial charge in [0.1, 0.15) is 15.5 Å². The van der Waals surface area contributed by atoms with Crippen molar-refractivity contribution in [3.8, 4) is 0 Å². The number of aromatic nitrogens is 1. The molecule has 0 unspecified atom stereocenters. The summed E-state index contributed by atoms with van der Waals surface area (Å²) in [6.07, 6.45) is 0.989. The van der Waals surface area contributed by atoms with Crippen LogP contribution in [0.1, 0.15) is 23.3 Å². The third-order valence-corrected chi connectivity index (χ3v) is 5.38. The zero-order chi connectivity index (χ0) is 14.2. The number of para-hydroxylation sites is 1. The van der Waals surface area contributed by atoms with Crippen LogP contribution in [0.5, 0.6) is 0 Å². The van der Waals surface area contributed by atoms with Gasteiger partial charge in [0, 0.05) is 16.9 Å². The summed E-state index contributed by atoms with van der Waals surface area (Å²) in [7, 11) is -2.90. The number of fused-ring (bicyclic) bond motifs is 1. The molecule has 2 aromatic rings. The molecule has 1 amide bonds. The number of benzene rings is 1. The molecule has 0 radical (unpaired) electrons. The van der Waals surface area contributed by atoms with Gasteiger partial charge in [-0.25, -0.2) is 8.42 Å². The Bertz CT molecular complexity index is 702. The van der Waals surface area contributed by atoms with Crippen LogP contribution in [-0.4, -0.2) is 36.9 Å². The van der Waals surface area contributed by atoms with Crippen molar-refractivity contribution in [2.75, 3.05) is 11.5 Å². The Kier molecular flexibility index (Phi) is 3.25. The van der Waals surface area contributed by atoms with Gasteiger partial charge in [0.05, 0.1) is 11.5 Å². The van der Waals surface area contributed by atoms with E-state index in [2.05, 4.69) is 10.3 Å². The Morgan fingerprint density at radius 2 is 1.90 bits per heavy atom. The highest BCUT2D eigenvalue weighted by Gasteiger charge is 2.25. The molecule has 5 nitrogen and oxygen atoms in total. The SMILES string of the molecule is O=C(NC1CCS(=O)(=O)CC1)c1cc2ccccc2[nH]1. The number of H-pyrrole nitrogens is 1. The van der Waals surface area contributed by atoms with Gasteiger partial charge in [-0.1, -0.05) is 18.2 Å². The van der Waals surface area contributed by atoms with Gasteiger partial charge in [0.2, 0.25) is 0 Å². The monoisotopic (exact) mass is 292 g/mol. The largest absolute Gasteiger partial charge is 0.351 e. The fourth-order valence-corrected chi connectivity index (χ4v) is 3.98. The highest BCUT2D eigenvalue weighted by Crippen LogP contribution is 2.16. The first-order chi connectivity index (χ1) is 9.53. The molecule has 106 valence electrons. The van der Waals surface area contributed by atoms with Crippen LogP contribution in [0.15, 0.2) is 30.3 Å². The summed E-state index contributed by atoms with van der Waals surface area (Å²) in [5.41, 5.74) is 1.43. The predicted octanol–water partition coefficient (Wildman–Crippen LogP) is 1.47. The number of hydrogen-bond acceptors (Lipinski definition) is 3. The maximum Gasteiger partial charge on any atom is 0.267 e. The summed E-state index contributed by atoms with van der Waals surface area (Å²) in [6.45, 7) is 0. The third kappa shape index (κ3) is 2.70. The van der Waals surface area contributed by atoms with Gasteiger partial charge in [-0.2, -0.15) is 0 Å². The van der Waals surface area contributed by atoms with E-state index in [-0.39, 0.29) is 23.5 Å². The molecule has 0 aliphatic carbocycles. The minimum atomic E-state index is -2.90. The molecule has 1 saturated heterocycles. The van der Waals surface area contributed by atoms with Crippen molar-refractivity contribution in [3.05, 3.63) is 36.0 Å². The lowest BCUT2D eigenvalue weighted by atomic mass is 10.1. The first-order valence-electron chi connectivity index (χ1n) is 6.62. The third-order valence-electron chi connectivity index (χ3n) is 3.66. The average molecular weight is 292 g/mol. The lowest BCUT2D eigenvalue weighted by molar-refractivity contribution is 0.0930.